The van der Waals surface area contributed by atoms with Gasteiger partial charge in [0, 0.05) is 6.07 Å². The van der Waals surface area contributed by atoms with E-state index in [-0.39, 0.29) is 22.1 Å². The van der Waals surface area contributed by atoms with Crippen molar-refractivity contribution in [2.24, 2.45) is 0 Å². The van der Waals surface area contributed by atoms with E-state index in [2.05, 4.69) is 4.74 Å². The maximum absolute atomic E-state index is 13.3. The summed E-state index contributed by atoms with van der Waals surface area (Å²) in [5.74, 6) is -2.13. The molecule has 2 rings (SSSR count). The number of esters is 1. The van der Waals surface area contributed by atoms with Gasteiger partial charge in [-0.3, -0.25) is 0 Å². The average molecular weight is 299 g/mol. The summed E-state index contributed by atoms with van der Waals surface area (Å²) in [4.78, 5) is 11.6. The van der Waals surface area contributed by atoms with Gasteiger partial charge >= 0.3 is 5.97 Å². The van der Waals surface area contributed by atoms with Crippen molar-refractivity contribution in [3.05, 3.63) is 58.6 Å². The molecule has 0 atom stereocenters. The molecule has 20 heavy (non-hydrogen) atoms. The van der Waals surface area contributed by atoms with E-state index in [1.807, 2.05) is 0 Å². The van der Waals surface area contributed by atoms with Crippen molar-refractivity contribution in [2.45, 2.75) is 0 Å². The first-order chi connectivity index (χ1) is 9.52. The molecule has 6 heteroatoms. The lowest BCUT2D eigenvalue weighted by Gasteiger charge is -2.11. The average Bonchev–Trinajstić information content (AvgIpc) is 2.43. The van der Waals surface area contributed by atoms with Crippen molar-refractivity contribution in [2.75, 3.05) is 7.11 Å². The standard InChI is InChI=1S/C14H9ClF2O3/c1-19-14(18)9-6-5-8(16)7-12(9)20-11-4-2-3-10(17)13(11)15/h2-7H,1H3. The number of ether oxygens (including phenoxy) is 2. The van der Waals surface area contributed by atoms with Gasteiger partial charge in [0.2, 0.25) is 0 Å². The molecule has 0 aliphatic heterocycles. The van der Waals surface area contributed by atoms with Gasteiger partial charge in [0.25, 0.3) is 0 Å². The van der Waals surface area contributed by atoms with Crippen LogP contribution in [-0.4, -0.2) is 13.1 Å². The van der Waals surface area contributed by atoms with Crippen LogP contribution < -0.4 is 4.74 Å². The maximum Gasteiger partial charge on any atom is 0.341 e. The Kier molecular flexibility index (Phi) is 4.20. The van der Waals surface area contributed by atoms with Crippen LogP contribution in [0.15, 0.2) is 36.4 Å². The molecule has 104 valence electrons. The quantitative estimate of drug-likeness (QED) is 0.797. The number of carbonyl (C=O) groups excluding carboxylic acids is 1. The van der Waals surface area contributed by atoms with E-state index in [4.69, 9.17) is 16.3 Å². The number of halogens is 3. The van der Waals surface area contributed by atoms with E-state index in [0.717, 1.165) is 18.2 Å². The predicted octanol–water partition coefficient (Wildman–Crippen LogP) is 4.20. The molecular weight excluding hydrogens is 290 g/mol. The van der Waals surface area contributed by atoms with Crippen molar-refractivity contribution in [1.29, 1.82) is 0 Å². The van der Waals surface area contributed by atoms with Crippen LogP contribution in [0.3, 0.4) is 0 Å². The van der Waals surface area contributed by atoms with E-state index in [9.17, 15) is 13.6 Å². The predicted molar refractivity (Wildman–Crippen MR) is 69.2 cm³/mol. The van der Waals surface area contributed by atoms with E-state index < -0.39 is 17.6 Å². The molecular formula is C14H9ClF2O3. The number of rotatable bonds is 3. The fraction of sp³-hybridized carbons (Fsp3) is 0.0714. The summed E-state index contributed by atoms with van der Waals surface area (Å²) in [6, 6.07) is 7.23. The fourth-order valence-corrected chi connectivity index (χ4v) is 1.71. The van der Waals surface area contributed by atoms with Crippen molar-refractivity contribution < 1.29 is 23.0 Å². The van der Waals surface area contributed by atoms with Crippen LogP contribution in [0.5, 0.6) is 11.5 Å². The van der Waals surface area contributed by atoms with Crippen LogP contribution in [0, 0.1) is 11.6 Å². The Morgan fingerprint density at radius 3 is 2.60 bits per heavy atom. The van der Waals surface area contributed by atoms with Gasteiger partial charge in [-0.25, -0.2) is 13.6 Å². The molecule has 0 aromatic heterocycles. The molecule has 0 heterocycles. The second-order valence-corrected chi connectivity index (χ2v) is 4.16. The molecule has 0 radical (unpaired) electrons. The highest BCUT2D eigenvalue weighted by Crippen LogP contribution is 2.33. The van der Waals surface area contributed by atoms with Gasteiger partial charge in [0.05, 0.1) is 7.11 Å². The normalized spacial score (nSPS) is 10.2. The second kappa shape index (κ2) is 5.88. The molecule has 0 aliphatic carbocycles. The highest BCUT2D eigenvalue weighted by Gasteiger charge is 2.16. The summed E-state index contributed by atoms with van der Waals surface area (Å²) < 4.78 is 36.4. The van der Waals surface area contributed by atoms with Gasteiger partial charge in [-0.05, 0) is 24.3 Å². The summed E-state index contributed by atoms with van der Waals surface area (Å²) in [6.07, 6.45) is 0. The van der Waals surface area contributed by atoms with E-state index in [1.165, 1.54) is 25.3 Å². The number of benzene rings is 2. The second-order valence-electron chi connectivity index (χ2n) is 3.79. The van der Waals surface area contributed by atoms with Crippen molar-refractivity contribution in [3.63, 3.8) is 0 Å². The van der Waals surface area contributed by atoms with Crippen LogP contribution >= 0.6 is 11.6 Å². The third-order valence-electron chi connectivity index (χ3n) is 2.49. The zero-order chi connectivity index (χ0) is 14.7. The lowest BCUT2D eigenvalue weighted by atomic mass is 10.2. The van der Waals surface area contributed by atoms with Crippen LogP contribution in [-0.2, 0) is 4.74 Å². The smallest absolute Gasteiger partial charge is 0.341 e. The summed E-state index contributed by atoms with van der Waals surface area (Å²) >= 11 is 5.74. The third kappa shape index (κ3) is 2.88. The number of methoxy groups -OCH3 is 1. The molecule has 0 N–H and O–H groups in total. The van der Waals surface area contributed by atoms with Crippen LogP contribution in [0.1, 0.15) is 10.4 Å². The van der Waals surface area contributed by atoms with Gasteiger partial charge in [0.1, 0.15) is 33.7 Å². The number of hydrogen-bond acceptors (Lipinski definition) is 3. The Hall–Kier alpha value is -2.14. The largest absolute Gasteiger partial charge is 0.465 e. The molecule has 0 fully saturated rings. The maximum atomic E-state index is 13.3. The zero-order valence-corrected chi connectivity index (χ0v) is 11.1. The molecule has 0 aliphatic rings. The minimum absolute atomic E-state index is 0.00854. The third-order valence-corrected chi connectivity index (χ3v) is 2.85. The summed E-state index contributed by atoms with van der Waals surface area (Å²) in [7, 11) is 1.19. The summed E-state index contributed by atoms with van der Waals surface area (Å²) in [5, 5.41) is -0.257. The van der Waals surface area contributed by atoms with E-state index >= 15 is 0 Å². The highest BCUT2D eigenvalue weighted by atomic mass is 35.5. The lowest BCUT2D eigenvalue weighted by Crippen LogP contribution is -2.04. The van der Waals surface area contributed by atoms with Gasteiger partial charge < -0.3 is 9.47 Å². The number of hydrogen-bond donors (Lipinski definition) is 0. The Morgan fingerprint density at radius 2 is 1.90 bits per heavy atom. The van der Waals surface area contributed by atoms with Crippen LogP contribution in [0.4, 0.5) is 8.78 Å². The SMILES string of the molecule is COC(=O)c1ccc(F)cc1Oc1cccc(F)c1Cl. The molecule has 0 unspecified atom stereocenters. The minimum atomic E-state index is -0.701. The van der Waals surface area contributed by atoms with Crippen molar-refractivity contribution in [3.8, 4) is 11.5 Å². The van der Waals surface area contributed by atoms with Crippen molar-refractivity contribution >= 4 is 17.6 Å². The minimum Gasteiger partial charge on any atom is -0.465 e. The van der Waals surface area contributed by atoms with Crippen LogP contribution in [0.25, 0.3) is 0 Å². The number of carbonyl (C=O) groups is 1. The Bertz CT molecular complexity index is 659. The molecule has 0 saturated heterocycles. The molecule has 3 nitrogen and oxygen atoms in total. The van der Waals surface area contributed by atoms with E-state index in [0.29, 0.717) is 0 Å². The van der Waals surface area contributed by atoms with Gasteiger partial charge in [-0.2, -0.15) is 0 Å². The van der Waals surface area contributed by atoms with Gasteiger partial charge in [0.15, 0.2) is 0 Å². The zero-order valence-electron chi connectivity index (χ0n) is 10.3. The van der Waals surface area contributed by atoms with Crippen molar-refractivity contribution in [1.82, 2.24) is 0 Å². The molecule has 0 amide bonds. The molecule has 2 aromatic rings. The molecule has 0 bridgehead atoms. The fourth-order valence-electron chi connectivity index (χ4n) is 1.54. The monoisotopic (exact) mass is 298 g/mol. The first kappa shape index (κ1) is 14.3. The molecule has 2 aromatic carbocycles. The van der Waals surface area contributed by atoms with E-state index in [1.54, 1.807) is 0 Å². The highest BCUT2D eigenvalue weighted by molar-refractivity contribution is 6.32. The first-order valence-corrected chi connectivity index (χ1v) is 5.90. The Balaban J connectivity index is 2.44. The Morgan fingerprint density at radius 1 is 1.15 bits per heavy atom. The van der Waals surface area contributed by atoms with Gasteiger partial charge in [-0.15, -0.1) is 0 Å². The summed E-state index contributed by atoms with van der Waals surface area (Å²) in [5.41, 5.74) is 0.00854. The van der Waals surface area contributed by atoms with Crippen LogP contribution in [0.2, 0.25) is 5.02 Å². The topological polar surface area (TPSA) is 35.5 Å². The molecule has 0 spiro atoms. The first-order valence-electron chi connectivity index (χ1n) is 5.52. The van der Waals surface area contributed by atoms with Gasteiger partial charge in [-0.1, -0.05) is 17.7 Å². The lowest BCUT2D eigenvalue weighted by molar-refractivity contribution is 0.0598. The Labute approximate surface area is 118 Å². The summed E-state index contributed by atoms with van der Waals surface area (Å²) in [6.45, 7) is 0. The molecule has 0 saturated carbocycles.